The maximum absolute atomic E-state index is 12.3. The lowest BCUT2D eigenvalue weighted by Crippen LogP contribution is -2.24. The summed E-state index contributed by atoms with van der Waals surface area (Å²) in [5.74, 6) is 0. The lowest BCUT2D eigenvalue weighted by molar-refractivity contribution is 0.579. The summed E-state index contributed by atoms with van der Waals surface area (Å²) < 4.78 is 27.7. The Labute approximate surface area is 132 Å². The van der Waals surface area contributed by atoms with Crippen LogP contribution in [0, 0.1) is 0 Å². The lowest BCUT2D eigenvalue weighted by Gasteiger charge is -2.10. The van der Waals surface area contributed by atoms with E-state index in [1.54, 1.807) is 18.3 Å². The Morgan fingerprint density at radius 2 is 2.10 bits per heavy atom. The van der Waals surface area contributed by atoms with Crippen LogP contribution in [0.4, 0.5) is 5.69 Å². The minimum Gasteiger partial charge on any atom is -0.399 e. The van der Waals surface area contributed by atoms with Crippen LogP contribution in [0.25, 0.3) is 0 Å². The zero-order valence-electron chi connectivity index (χ0n) is 11.5. The Morgan fingerprint density at radius 1 is 1.33 bits per heavy atom. The van der Waals surface area contributed by atoms with Gasteiger partial charge in [-0.3, -0.25) is 4.98 Å². The van der Waals surface area contributed by atoms with Crippen molar-refractivity contribution >= 4 is 31.6 Å². The van der Waals surface area contributed by atoms with Gasteiger partial charge in [0.2, 0.25) is 10.0 Å². The predicted octanol–water partition coefficient (Wildman–Crippen LogP) is 2.47. The summed E-state index contributed by atoms with van der Waals surface area (Å²) in [6.45, 7) is 2.16. The summed E-state index contributed by atoms with van der Waals surface area (Å²) in [6, 6.07) is 8.37. The van der Waals surface area contributed by atoms with Crippen molar-refractivity contribution in [2.75, 3.05) is 5.73 Å². The molecule has 2 rings (SSSR count). The topological polar surface area (TPSA) is 85.1 Å². The molecular formula is C14H16BrN3O2S. The Balaban J connectivity index is 2.22. The van der Waals surface area contributed by atoms with Crippen LogP contribution >= 0.6 is 15.9 Å². The van der Waals surface area contributed by atoms with Gasteiger partial charge in [-0.1, -0.05) is 13.0 Å². The molecule has 0 spiro atoms. The van der Waals surface area contributed by atoms with Gasteiger partial charge in [0, 0.05) is 16.4 Å². The molecule has 0 aliphatic carbocycles. The van der Waals surface area contributed by atoms with Crippen molar-refractivity contribution in [3.05, 3.63) is 52.3 Å². The highest BCUT2D eigenvalue weighted by Gasteiger charge is 2.18. The summed E-state index contributed by atoms with van der Waals surface area (Å²) in [5, 5.41) is 0. The number of sulfonamides is 1. The van der Waals surface area contributed by atoms with E-state index in [0.29, 0.717) is 10.2 Å². The number of pyridine rings is 1. The number of nitrogens with two attached hydrogens (primary N) is 1. The molecule has 112 valence electrons. The third kappa shape index (κ3) is 3.81. The number of aryl methyl sites for hydroxylation is 1. The number of hydrogen-bond acceptors (Lipinski definition) is 4. The van der Waals surface area contributed by atoms with Gasteiger partial charge in [0.25, 0.3) is 0 Å². The van der Waals surface area contributed by atoms with Gasteiger partial charge in [0.1, 0.15) is 0 Å². The zero-order valence-corrected chi connectivity index (χ0v) is 13.9. The molecular weight excluding hydrogens is 354 g/mol. The van der Waals surface area contributed by atoms with Crippen LogP contribution in [-0.4, -0.2) is 13.4 Å². The van der Waals surface area contributed by atoms with Crippen LogP contribution in [0.5, 0.6) is 0 Å². The molecule has 0 aliphatic rings. The van der Waals surface area contributed by atoms with Crippen molar-refractivity contribution in [2.45, 2.75) is 24.8 Å². The normalized spacial score (nSPS) is 11.5. The molecule has 0 fully saturated rings. The molecule has 3 N–H and O–H groups in total. The first-order chi connectivity index (χ1) is 9.94. The van der Waals surface area contributed by atoms with Gasteiger partial charge in [0.05, 0.1) is 17.1 Å². The third-order valence-electron chi connectivity index (χ3n) is 3.04. The number of anilines is 1. The third-order valence-corrected chi connectivity index (χ3v) is 5.42. The molecule has 21 heavy (non-hydrogen) atoms. The molecule has 0 amide bonds. The predicted molar refractivity (Wildman–Crippen MR) is 86.2 cm³/mol. The minimum atomic E-state index is -3.62. The Hall–Kier alpha value is -1.44. The largest absolute Gasteiger partial charge is 0.399 e. The number of nitrogen functional groups attached to an aromatic ring is 1. The van der Waals surface area contributed by atoms with Gasteiger partial charge < -0.3 is 5.73 Å². The second-order valence-electron chi connectivity index (χ2n) is 4.48. The van der Waals surface area contributed by atoms with E-state index in [1.165, 1.54) is 6.07 Å². The zero-order chi connectivity index (χ0) is 15.5. The van der Waals surface area contributed by atoms with Gasteiger partial charge in [0.15, 0.2) is 0 Å². The first-order valence-corrected chi connectivity index (χ1v) is 8.69. The highest BCUT2D eigenvalue weighted by molar-refractivity contribution is 9.10. The number of hydrogen-bond donors (Lipinski definition) is 2. The number of aromatic nitrogens is 1. The Bertz CT molecular complexity index is 748. The van der Waals surface area contributed by atoms with Crippen LogP contribution in [0.1, 0.15) is 18.2 Å². The summed E-state index contributed by atoms with van der Waals surface area (Å²) >= 11 is 3.22. The standard InChI is InChI=1S/C14H16BrN3O2S/c1-2-10-4-3-7-17-13(10)9-18-21(19,20)14-6-5-11(16)8-12(14)15/h3-8,18H,2,9,16H2,1H3. The first kappa shape index (κ1) is 15.9. The molecule has 7 heteroatoms. The molecule has 0 bridgehead atoms. The monoisotopic (exact) mass is 369 g/mol. The smallest absolute Gasteiger partial charge is 0.242 e. The maximum atomic E-state index is 12.3. The van der Waals surface area contributed by atoms with Crippen molar-refractivity contribution in [3.8, 4) is 0 Å². The van der Waals surface area contributed by atoms with Crippen molar-refractivity contribution in [1.29, 1.82) is 0 Å². The van der Waals surface area contributed by atoms with E-state index in [4.69, 9.17) is 5.73 Å². The number of nitrogens with zero attached hydrogens (tertiary/aromatic N) is 1. The maximum Gasteiger partial charge on any atom is 0.242 e. The average Bonchev–Trinajstić information content (AvgIpc) is 2.45. The molecule has 0 aliphatic heterocycles. The van der Waals surface area contributed by atoms with E-state index in [1.807, 2.05) is 19.1 Å². The molecule has 0 saturated heterocycles. The molecule has 1 aromatic carbocycles. The van der Waals surface area contributed by atoms with E-state index in [-0.39, 0.29) is 11.4 Å². The van der Waals surface area contributed by atoms with Crippen molar-refractivity contribution < 1.29 is 8.42 Å². The fourth-order valence-electron chi connectivity index (χ4n) is 1.93. The van der Waals surface area contributed by atoms with Crippen LogP contribution < -0.4 is 10.5 Å². The van der Waals surface area contributed by atoms with Crippen molar-refractivity contribution in [1.82, 2.24) is 9.71 Å². The van der Waals surface area contributed by atoms with Gasteiger partial charge in [-0.2, -0.15) is 0 Å². The summed E-state index contributed by atoms with van der Waals surface area (Å²) in [6.07, 6.45) is 2.46. The molecule has 0 radical (unpaired) electrons. The number of rotatable bonds is 5. The van der Waals surface area contributed by atoms with Crippen LogP contribution in [0.3, 0.4) is 0 Å². The molecule has 1 aromatic heterocycles. The molecule has 0 saturated carbocycles. The number of nitrogens with one attached hydrogen (secondary N) is 1. The minimum absolute atomic E-state index is 0.156. The van der Waals surface area contributed by atoms with E-state index in [9.17, 15) is 8.42 Å². The van der Waals surface area contributed by atoms with Gasteiger partial charge in [-0.25, -0.2) is 13.1 Å². The molecule has 1 heterocycles. The van der Waals surface area contributed by atoms with Gasteiger partial charge in [-0.05, 0) is 52.2 Å². The van der Waals surface area contributed by atoms with Crippen molar-refractivity contribution in [2.24, 2.45) is 0 Å². The Kier molecular flexibility index (Phi) is 4.97. The first-order valence-electron chi connectivity index (χ1n) is 6.41. The summed E-state index contributed by atoms with van der Waals surface area (Å²) in [4.78, 5) is 4.38. The van der Waals surface area contributed by atoms with E-state index in [0.717, 1.165) is 17.7 Å². The van der Waals surface area contributed by atoms with Crippen LogP contribution in [0.2, 0.25) is 0 Å². The van der Waals surface area contributed by atoms with Crippen LogP contribution in [-0.2, 0) is 23.0 Å². The van der Waals surface area contributed by atoms with E-state index >= 15 is 0 Å². The average molecular weight is 370 g/mol. The second-order valence-corrected chi connectivity index (χ2v) is 7.07. The molecule has 5 nitrogen and oxygen atoms in total. The number of benzene rings is 1. The second kappa shape index (κ2) is 6.55. The molecule has 2 aromatic rings. The quantitative estimate of drug-likeness (QED) is 0.792. The van der Waals surface area contributed by atoms with Gasteiger partial charge >= 0.3 is 0 Å². The summed E-state index contributed by atoms with van der Waals surface area (Å²) in [7, 11) is -3.62. The SMILES string of the molecule is CCc1cccnc1CNS(=O)(=O)c1ccc(N)cc1Br. The van der Waals surface area contributed by atoms with Gasteiger partial charge in [-0.15, -0.1) is 0 Å². The number of halogens is 1. The fraction of sp³-hybridized carbons (Fsp3) is 0.214. The van der Waals surface area contributed by atoms with Crippen LogP contribution in [0.15, 0.2) is 45.9 Å². The highest BCUT2D eigenvalue weighted by atomic mass is 79.9. The lowest BCUT2D eigenvalue weighted by atomic mass is 10.1. The van der Waals surface area contributed by atoms with Crippen molar-refractivity contribution in [3.63, 3.8) is 0 Å². The van der Waals surface area contributed by atoms with E-state index < -0.39 is 10.0 Å². The highest BCUT2D eigenvalue weighted by Crippen LogP contribution is 2.24. The Morgan fingerprint density at radius 3 is 2.76 bits per heavy atom. The summed E-state index contributed by atoms with van der Waals surface area (Å²) in [5.41, 5.74) is 7.87. The molecule has 0 unspecified atom stereocenters. The van der Waals surface area contributed by atoms with E-state index in [2.05, 4.69) is 25.6 Å². The fourth-order valence-corrected chi connectivity index (χ4v) is 4.01. The molecule has 0 atom stereocenters.